The van der Waals surface area contributed by atoms with Crippen LogP contribution in [0.1, 0.15) is 0 Å². The van der Waals surface area contributed by atoms with Crippen molar-refractivity contribution in [2.24, 2.45) is 0 Å². The molecule has 0 aliphatic heterocycles. The maximum Gasteiger partial charge on any atom is 0.143 e. The zero-order valence-corrected chi connectivity index (χ0v) is 21.7. The van der Waals surface area contributed by atoms with Gasteiger partial charge in [-0.2, -0.15) is 0 Å². The summed E-state index contributed by atoms with van der Waals surface area (Å²) in [5.41, 5.74) is 11.1. The second-order valence-electron chi connectivity index (χ2n) is 9.82. The van der Waals surface area contributed by atoms with Gasteiger partial charge in [0, 0.05) is 45.9 Å². The van der Waals surface area contributed by atoms with Crippen molar-refractivity contribution in [1.29, 1.82) is 0 Å². The van der Waals surface area contributed by atoms with Gasteiger partial charge in [0.25, 0.3) is 0 Å². The van der Waals surface area contributed by atoms with Crippen LogP contribution in [0.5, 0.6) is 0 Å². The van der Waals surface area contributed by atoms with Gasteiger partial charge < -0.3 is 9.32 Å². The van der Waals surface area contributed by atoms with Crippen LogP contribution in [0.4, 0.5) is 11.4 Å². The highest BCUT2D eigenvalue weighted by molar-refractivity contribution is 6.10. The summed E-state index contributed by atoms with van der Waals surface area (Å²) >= 11 is 0. The molecule has 7 rings (SSSR count). The standard InChI is InChI=1S/C37H27NO/c1-38(34-21-10-8-17-29(34)27-15-6-3-7-16-27)35-24-23-28(26-13-4-2-5-14-26)25-33(35)32-20-12-19-31-30-18-9-11-22-36(30)39-37(31)32/h2-25H,1H3. The molecule has 0 aliphatic rings. The Morgan fingerprint density at radius 2 is 1.05 bits per heavy atom. The smallest absolute Gasteiger partial charge is 0.143 e. The van der Waals surface area contributed by atoms with Crippen molar-refractivity contribution in [3.8, 4) is 33.4 Å². The second kappa shape index (κ2) is 9.66. The van der Waals surface area contributed by atoms with E-state index in [-0.39, 0.29) is 0 Å². The third-order valence-corrected chi connectivity index (χ3v) is 7.51. The van der Waals surface area contributed by atoms with E-state index in [4.69, 9.17) is 4.42 Å². The SMILES string of the molecule is CN(c1ccccc1-c1ccccc1)c1ccc(-c2ccccc2)cc1-c1cccc2c1oc1ccccc12. The van der Waals surface area contributed by atoms with E-state index in [0.29, 0.717) is 0 Å². The molecule has 39 heavy (non-hydrogen) atoms. The summed E-state index contributed by atoms with van der Waals surface area (Å²) < 4.78 is 6.50. The Morgan fingerprint density at radius 3 is 1.87 bits per heavy atom. The first-order valence-corrected chi connectivity index (χ1v) is 13.3. The lowest BCUT2D eigenvalue weighted by Crippen LogP contribution is -2.12. The van der Waals surface area contributed by atoms with E-state index in [2.05, 4.69) is 145 Å². The molecular formula is C37H27NO. The number of benzene rings is 6. The third-order valence-electron chi connectivity index (χ3n) is 7.51. The Labute approximate surface area is 228 Å². The third kappa shape index (κ3) is 4.07. The van der Waals surface area contributed by atoms with Gasteiger partial charge in [-0.05, 0) is 41.0 Å². The molecule has 0 radical (unpaired) electrons. The quantitative estimate of drug-likeness (QED) is 0.233. The molecule has 1 aromatic heterocycles. The van der Waals surface area contributed by atoms with Gasteiger partial charge in [0.2, 0.25) is 0 Å². The number of nitrogens with zero attached hydrogens (tertiary/aromatic N) is 1. The van der Waals surface area contributed by atoms with E-state index in [1.165, 1.54) is 22.3 Å². The fourth-order valence-electron chi connectivity index (χ4n) is 5.57. The molecule has 0 atom stereocenters. The molecule has 6 aromatic carbocycles. The molecule has 0 spiro atoms. The Hall–Kier alpha value is -5.08. The monoisotopic (exact) mass is 501 g/mol. The van der Waals surface area contributed by atoms with Gasteiger partial charge in [0.1, 0.15) is 11.2 Å². The van der Waals surface area contributed by atoms with Gasteiger partial charge in [0.15, 0.2) is 0 Å². The summed E-state index contributed by atoms with van der Waals surface area (Å²) in [6.07, 6.45) is 0. The van der Waals surface area contributed by atoms with Crippen molar-refractivity contribution in [1.82, 2.24) is 0 Å². The highest BCUT2D eigenvalue weighted by Gasteiger charge is 2.19. The first kappa shape index (κ1) is 23.1. The molecule has 0 N–H and O–H groups in total. The number of anilines is 2. The summed E-state index contributed by atoms with van der Waals surface area (Å²) in [5, 5.41) is 2.27. The molecule has 0 unspecified atom stereocenters. The van der Waals surface area contributed by atoms with E-state index in [1.807, 2.05) is 12.1 Å². The average Bonchev–Trinajstić information content (AvgIpc) is 3.40. The van der Waals surface area contributed by atoms with Crippen LogP contribution in [0.2, 0.25) is 0 Å². The molecule has 0 aliphatic carbocycles. The molecule has 0 saturated carbocycles. The Bertz CT molecular complexity index is 1920. The predicted molar refractivity (Wildman–Crippen MR) is 165 cm³/mol. The summed E-state index contributed by atoms with van der Waals surface area (Å²) in [4.78, 5) is 2.30. The maximum atomic E-state index is 6.50. The number of fused-ring (bicyclic) bond motifs is 3. The lowest BCUT2D eigenvalue weighted by Gasteiger charge is -2.26. The van der Waals surface area contributed by atoms with Crippen LogP contribution in [0, 0.1) is 0 Å². The van der Waals surface area contributed by atoms with Gasteiger partial charge in [-0.1, -0.05) is 121 Å². The van der Waals surface area contributed by atoms with Crippen LogP contribution < -0.4 is 4.90 Å². The summed E-state index contributed by atoms with van der Waals surface area (Å²) in [6, 6.07) is 51.2. The molecule has 1 heterocycles. The van der Waals surface area contributed by atoms with E-state index in [0.717, 1.165) is 44.4 Å². The minimum absolute atomic E-state index is 0.906. The number of rotatable bonds is 5. The van der Waals surface area contributed by atoms with Gasteiger partial charge in [-0.25, -0.2) is 0 Å². The summed E-state index contributed by atoms with van der Waals surface area (Å²) in [6.45, 7) is 0. The highest BCUT2D eigenvalue weighted by Crippen LogP contribution is 2.44. The van der Waals surface area contributed by atoms with Crippen molar-refractivity contribution < 1.29 is 4.42 Å². The molecular weight excluding hydrogens is 474 g/mol. The summed E-state index contributed by atoms with van der Waals surface area (Å²) in [7, 11) is 2.15. The second-order valence-corrected chi connectivity index (χ2v) is 9.82. The van der Waals surface area contributed by atoms with Gasteiger partial charge in [-0.3, -0.25) is 0 Å². The van der Waals surface area contributed by atoms with Gasteiger partial charge in [0.05, 0.1) is 0 Å². The molecule has 7 aromatic rings. The van der Waals surface area contributed by atoms with E-state index in [1.54, 1.807) is 0 Å². The molecule has 2 heteroatoms. The first-order chi connectivity index (χ1) is 19.3. The van der Waals surface area contributed by atoms with Gasteiger partial charge in [-0.15, -0.1) is 0 Å². The lowest BCUT2D eigenvalue weighted by atomic mass is 9.95. The zero-order valence-electron chi connectivity index (χ0n) is 21.7. The Balaban J connectivity index is 1.47. The number of para-hydroxylation sites is 3. The van der Waals surface area contributed by atoms with Crippen LogP contribution >= 0.6 is 0 Å². The van der Waals surface area contributed by atoms with Crippen LogP contribution in [0.15, 0.2) is 150 Å². The Kier molecular flexibility index (Phi) is 5.71. The molecule has 0 amide bonds. The van der Waals surface area contributed by atoms with Crippen molar-refractivity contribution in [2.75, 3.05) is 11.9 Å². The first-order valence-electron chi connectivity index (χ1n) is 13.3. The Morgan fingerprint density at radius 1 is 0.436 bits per heavy atom. The minimum atomic E-state index is 0.906. The topological polar surface area (TPSA) is 16.4 Å². The highest BCUT2D eigenvalue weighted by atomic mass is 16.3. The van der Waals surface area contributed by atoms with Crippen molar-refractivity contribution >= 4 is 33.3 Å². The van der Waals surface area contributed by atoms with Crippen LogP contribution in [-0.4, -0.2) is 7.05 Å². The number of hydrogen-bond acceptors (Lipinski definition) is 2. The van der Waals surface area contributed by atoms with E-state index >= 15 is 0 Å². The number of furan rings is 1. The van der Waals surface area contributed by atoms with E-state index < -0.39 is 0 Å². The zero-order chi connectivity index (χ0) is 26.2. The molecule has 0 fully saturated rings. The van der Waals surface area contributed by atoms with Crippen LogP contribution in [0.3, 0.4) is 0 Å². The maximum absolute atomic E-state index is 6.50. The molecule has 186 valence electrons. The normalized spacial score (nSPS) is 11.2. The number of hydrogen-bond donors (Lipinski definition) is 0. The van der Waals surface area contributed by atoms with Crippen LogP contribution in [0.25, 0.3) is 55.3 Å². The van der Waals surface area contributed by atoms with Crippen LogP contribution in [-0.2, 0) is 0 Å². The van der Waals surface area contributed by atoms with Crippen molar-refractivity contribution in [3.63, 3.8) is 0 Å². The average molecular weight is 502 g/mol. The molecule has 0 bridgehead atoms. The van der Waals surface area contributed by atoms with E-state index in [9.17, 15) is 0 Å². The molecule has 0 saturated heterocycles. The lowest BCUT2D eigenvalue weighted by molar-refractivity contribution is 0.670. The predicted octanol–water partition coefficient (Wildman–Crippen LogP) is 10.4. The van der Waals surface area contributed by atoms with Crippen molar-refractivity contribution in [2.45, 2.75) is 0 Å². The fourth-order valence-corrected chi connectivity index (χ4v) is 5.57. The summed E-state index contributed by atoms with van der Waals surface area (Å²) in [5.74, 6) is 0. The molecule has 2 nitrogen and oxygen atoms in total. The van der Waals surface area contributed by atoms with Crippen molar-refractivity contribution in [3.05, 3.63) is 146 Å². The largest absolute Gasteiger partial charge is 0.455 e. The fraction of sp³-hybridized carbons (Fsp3) is 0.0270. The minimum Gasteiger partial charge on any atom is -0.455 e. The van der Waals surface area contributed by atoms with Gasteiger partial charge >= 0.3 is 0 Å².